The summed E-state index contributed by atoms with van der Waals surface area (Å²) < 4.78 is 0. The van der Waals surface area contributed by atoms with Gasteiger partial charge in [-0.05, 0) is 12.0 Å². The molecule has 1 aromatic carbocycles. The molecule has 1 aromatic heterocycles. The summed E-state index contributed by atoms with van der Waals surface area (Å²) in [6, 6.07) is 10.4. The normalized spacial score (nSPS) is 10.3. The summed E-state index contributed by atoms with van der Waals surface area (Å²) in [5, 5.41) is 0. The van der Waals surface area contributed by atoms with Gasteiger partial charge in [0.2, 0.25) is 0 Å². The molecule has 0 atom stereocenters. The molecule has 0 aliphatic carbocycles. The largest absolute Gasteiger partial charge is 0.241 e. The number of aromatic nitrogens is 2. The van der Waals surface area contributed by atoms with Gasteiger partial charge in [0.05, 0.1) is 5.88 Å². The van der Waals surface area contributed by atoms with E-state index in [2.05, 4.69) is 22.1 Å². The van der Waals surface area contributed by atoms with Gasteiger partial charge in [-0.25, -0.2) is 9.97 Å². The van der Waals surface area contributed by atoms with Gasteiger partial charge in [-0.2, -0.15) is 0 Å². The van der Waals surface area contributed by atoms with Crippen molar-refractivity contribution in [3.8, 4) is 0 Å². The van der Waals surface area contributed by atoms with E-state index in [0.717, 1.165) is 24.2 Å². The standard InChI is InChI=1S/C13H13ClN2/c14-8-12-9-15-13(16-10-12)7-6-11-4-2-1-3-5-11/h1-5,9-10H,6-8H2. The van der Waals surface area contributed by atoms with Crippen molar-refractivity contribution in [3.63, 3.8) is 0 Å². The Hall–Kier alpha value is -1.41. The van der Waals surface area contributed by atoms with E-state index >= 15 is 0 Å². The number of alkyl halides is 1. The van der Waals surface area contributed by atoms with Crippen molar-refractivity contribution in [1.29, 1.82) is 0 Å². The first kappa shape index (κ1) is 11.1. The Bertz CT molecular complexity index is 425. The van der Waals surface area contributed by atoms with E-state index in [1.165, 1.54) is 5.56 Å². The lowest BCUT2D eigenvalue weighted by molar-refractivity contribution is 0.852. The van der Waals surface area contributed by atoms with Crippen LogP contribution in [-0.2, 0) is 18.7 Å². The lowest BCUT2D eigenvalue weighted by atomic mass is 10.1. The number of hydrogen-bond acceptors (Lipinski definition) is 2. The van der Waals surface area contributed by atoms with Crippen LogP contribution >= 0.6 is 11.6 Å². The highest BCUT2D eigenvalue weighted by molar-refractivity contribution is 6.17. The lowest BCUT2D eigenvalue weighted by Gasteiger charge is -2.01. The highest BCUT2D eigenvalue weighted by Crippen LogP contribution is 2.05. The third kappa shape index (κ3) is 3.04. The quantitative estimate of drug-likeness (QED) is 0.758. The average molecular weight is 233 g/mol. The molecule has 0 bridgehead atoms. The smallest absolute Gasteiger partial charge is 0.128 e. The molecule has 82 valence electrons. The Morgan fingerprint density at radius 3 is 2.19 bits per heavy atom. The maximum absolute atomic E-state index is 5.67. The zero-order chi connectivity index (χ0) is 11.2. The molecule has 0 radical (unpaired) electrons. The van der Waals surface area contributed by atoms with Crippen molar-refractivity contribution in [2.45, 2.75) is 18.7 Å². The highest BCUT2D eigenvalue weighted by Gasteiger charge is 1.98. The minimum absolute atomic E-state index is 0.471. The molecule has 1 heterocycles. The van der Waals surface area contributed by atoms with Gasteiger partial charge >= 0.3 is 0 Å². The van der Waals surface area contributed by atoms with Gasteiger partial charge in [-0.3, -0.25) is 0 Å². The molecular weight excluding hydrogens is 220 g/mol. The number of nitrogens with zero attached hydrogens (tertiary/aromatic N) is 2. The van der Waals surface area contributed by atoms with E-state index in [1.807, 2.05) is 18.2 Å². The maximum Gasteiger partial charge on any atom is 0.128 e. The van der Waals surface area contributed by atoms with Crippen molar-refractivity contribution in [2.24, 2.45) is 0 Å². The Kier molecular flexibility index (Phi) is 3.89. The zero-order valence-corrected chi connectivity index (χ0v) is 9.69. The van der Waals surface area contributed by atoms with Crippen LogP contribution in [0.3, 0.4) is 0 Å². The number of halogens is 1. The van der Waals surface area contributed by atoms with Crippen LogP contribution in [0, 0.1) is 0 Å². The zero-order valence-electron chi connectivity index (χ0n) is 8.94. The summed E-state index contributed by atoms with van der Waals surface area (Å²) >= 11 is 5.67. The SMILES string of the molecule is ClCc1cnc(CCc2ccccc2)nc1. The number of aryl methyl sites for hydroxylation is 2. The minimum Gasteiger partial charge on any atom is -0.241 e. The van der Waals surface area contributed by atoms with E-state index in [0.29, 0.717) is 5.88 Å². The van der Waals surface area contributed by atoms with Crippen molar-refractivity contribution in [1.82, 2.24) is 9.97 Å². The number of benzene rings is 1. The van der Waals surface area contributed by atoms with Gasteiger partial charge in [0.25, 0.3) is 0 Å². The summed E-state index contributed by atoms with van der Waals surface area (Å²) in [5.41, 5.74) is 2.28. The van der Waals surface area contributed by atoms with Crippen LogP contribution in [0.15, 0.2) is 42.7 Å². The van der Waals surface area contributed by atoms with Gasteiger partial charge < -0.3 is 0 Å². The maximum atomic E-state index is 5.67. The first-order chi connectivity index (χ1) is 7.88. The Morgan fingerprint density at radius 1 is 0.875 bits per heavy atom. The molecule has 3 heteroatoms. The summed E-state index contributed by atoms with van der Waals surface area (Å²) in [7, 11) is 0. The summed E-state index contributed by atoms with van der Waals surface area (Å²) in [5.74, 6) is 1.34. The molecule has 2 nitrogen and oxygen atoms in total. The molecule has 0 saturated heterocycles. The fourth-order valence-corrected chi connectivity index (χ4v) is 1.62. The molecule has 0 aliphatic rings. The third-order valence-electron chi connectivity index (χ3n) is 2.39. The number of rotatable bonds is 4. The van der Waals surface area contributed by atoms with Gasteiger partial charge in [-0.15, -0.1) is 11.6 Å². The topological polar surface area (TPSA) is 25.8 Å². The predicted octanol–water partition coefficient (Wildman–Crippen LogP) is 3.00. The average Bonchev–Trinajstić information content (AvgIpc) is 2.38. The third-order valence-corrected chi connectivity index (χ3v) is 2.70. The summed E-state index contributed by atoms with van der Waals surface area (Å²) in [4.78, 5) is 8.54. The molecule has 0 amide bonds. The van der Waals surface area contributed by atoms with Crippen LogP contribution in [0.4, 0.5) is 0 Å². The second-order valence-electron chi connectivity index (χ2n) is 3.63. The second-order valence-corrected chi connectivity index (χ2v) is 3.89. The fourth-order valence-electron chi connectivity index (χ4n) is 1.48. The number of hydrogen-bond donors (Lipinski definition) is 0. The molecule has 0 fully saturated rings. The molecule has 0 saturated carbocycles. The van der Waals surface area contributed by atoms with Gasteiger partial charge in [0, 0.05) is 24.4 Å². The Morgan fingerprint density at radius 2 is 1.56 bits per heavy atom. The van der Waals surface area contributed by atoms with Crippen molar-refractivity contribution >= 4 is 11.6 Å². The first-order valence-electron chi connectivity index (χ1n) is 5.28. The van der Waals surface area contributed by atoms with Crippen LogP contribution in [0.25, 0.3) is 0 Å². The molecule has 0 N–H and O–H groups in total. The van der Waals surface area contributed by atoms with Crippen molar-refractivity contribution in [2.75, 3.05) is 0 Å². The van der Waals surface area contributed by atoms with Crippen LogP contribution in [0.5, 0.6) is 0 Å². The van der Waals surface area contributed by atoms with Gasteiger partial charge in [0.1, 0.15) is 5.82 Å². The van der Waals surface area contributed by atoms with E-state index < -0.39 is 0 Å². The fraction of sp³-hybridized carbons (Fsp3) is 0.231. The van der Waals surface area contributed by atoms with E-state index in [4.69, 9.17) is 11.6 Å². The van der Waals surface area contributed by atoms with E-state index in [1.54, 1.807) is 12.4 Å². The minimum atomic E-state index is 0.471. The van der Waals surface area contributed by atoms with Gasteiger partial charge in [-0.1, -0.05) is 30.3 Å². The molecule has 16 heavy (non-hydrogen) atoms. The van der Waals surface area contributed by atoms with Gasteiger partial charge in [0.15, 0.2) is 0 Å². The monoisotopic (exact) mass is 232 g/mol. The molecular formula is C13H13ClN2. The first-order valence-corrected chi connectivity index (χ1v) is 5.81. The Balaban J connectivity index is 1.94. The van der Waals surface area contributed by atoms with Crippen molar-refractivity contribution in [3.05, 3.63) is 59.7 Å². The Labute approximate surface area is 100 Å². The molecule has 0 spiro atoms. The second kappa shape index (κ2) is 5.61. The molecule has 0 aliphatic heterocycles. The van der Waals surface area contributed by atoms with Crippen molar-refractivity contribution < 1.29 is 0 Å². The van der Waals surface area contributed by atoms with Crippen LogP contribution in [0.2, 0.25) is 0 Å². The summed E-state index contributed by atoms with van der Waals surface area (Å²) in [6.07, 6.45) is 5.42. The summed E-state index contributed by atoms with van der Waals surface area (Å²) in [6.45, 7) is 0. The van der Waals surface area contributed by atoms with Crippen LogP contribution in [-0.4, -0.2) is 9.97 Å². The van der Waals surface area contributed by atoms with Crippen LogP contribution in [0.1, 0.15) is 17.0 Å². The van der Waals surface area contributed by atoms with E-state index in [-0.39, 0.29) is 0 Å². The predicted molar refractivity (Wildman–Crippen MR) is 65.4 cm³/mol. The highest BCUT2D eigenvalue weighted by atomic mass is 35.5. The van der Waals surface area contributed by atoms with Crippen LogP contribution < -0.4 is 0 Å². The molecule has 2 rings (SSSR count). The molecule has 0 unspecified atom stereocenters. The van der Waals surface area contributed by atoms with E-state index in [9.17, 15) is 0 Å². The molecule has 2 aromatic rings. The lowest BCUT2D eigenvalue weighted by Crippen LogP contribution is -1.98.